The Labute approximate surface area is 142 Å². The van der Waals surface area contributed by atoms with Gasteiger partial charge in [0.25, 0.3) is 0 Å². The number of hydrogen-bond acceptors (Lipinski definition) is 3. The molecule has 1 aromatic rings. The molecule has 1 aliphatic rings. The Balaban J connectivity index is 2.04. The van der Waals surface area contributed by atoms with E-state index in [1.807, 2.05) is 12.1 Å². The van der Waals surface area contributed by atoms with Gasteiger partial charge in [0.2, 0.25) is 0 Å². The second kappa shape index (κ2) is 8.11. The molecule has 1 aromatic carbocycles. The topological polar surface area (TPSA) is 29.5 Å². The van der Waals surface area contributed by atoms with Gasteiger partial charge in [-0.2, -0.15) is 0 Å². The van der Waals surface area contributed by atoms with E-state index in [0.717, 1.165) is 55.4 Å². The van der Waals surface area contributed by atoms with Gasteiger partial charge in [-0.25, -0.2) is 0 Å². The predicted molar refractivity (Wildman–Crippen MR) is 93.0 cm³/mol. The molecule has 0 atom stereocenters. The first-order valence-corrected chi connectivity index (χ1v) is 9.07. The molecule has 0 amide bonds. The van der Waals surface area contributed by atoms with Crippen molar-refractivity contribution in [3.63, 3.8) is 0 Å². The third kappa shape index (κ3) is 3.90. The first-order valence-electron chi connectivity index (χ1n) is 8.28. The van der Waals surface area contributed by atoms with E-state index < -0.39 is 5.41 Å². The maximum absolute atomic E-state index is 12.8. The van der Waals surface area contributed by atoms with Crippen molar-refractivity contribution in [2.24, 2.45) is 0 Å². The van der Waals surface area contributed by atoms with Gasteiger partial charge in [0.1, 0.15) is 6.61 Å². The van der Waals surface area contributed by atoms with Crippen molar-refractivity contribution >= 4 is 21.9 Å². The van der Waals surface area contributed by atoms with E-state index in [4.69, 9.17) is 4.74 Å². The van der Waals surface area contributed by atoms with Gasteiger partial charge in [-0.3, -0.25) is 4.79 Å². The van der Waals surface area contributed by atoms with Gasteiger partial charge in [-0.1, -0.05) is 54.8 Å². The summed E-state index contributed by atoms with van der Waals surface area (Å²) in [5, 5.41) is 0. The first-order chi connectivity index (χ1) is 10.6. The summed E-state index contributed by atoms with van der Waals surface area (Å²) in [5.74, 6) is -0.0421. The van der Waals surface area contributed by atoms with E-state index in [9.17, 15) is 4.79 Å². The molecule has 4 heteroatoms. The minimum absolute atomic E-state index is 0.0421. The van der Waals surface area contributed by atoms with Crippen LogP contribution in [0.4, 0.5) is 0 Å². The van der Waals surface area contributed by atoms with E-state index in [1.54, 1.807) is 0 Å². The molecule has 0 aromatic heterocycles. The Morgan fingerprint density at radius 2 is 1.77 bits per heavy atom. The molecule has 3 nitrogen and oxygen atoms in total. The van der Waals surface area contributed by atoms with Crippen molar-refractivity contribution in [2.45, 2.75) is 44.9 Å². The summed E-state index contributed by atoms with van der Waals surface area (Å²) in [6.07, 6.45) is 4.00. The molecule has 1 fully saturated rings. The molecule has 0 unspecified atom stereocenters. The number of nitrogens with zero attached hydrogens (tertiary/aromatic N) is 1. The zero-order valence-electron chi connectivity index (χ0n) is 13.6. The van der Waals surface area contributed by atoms with Gasteiger partial charge in [-0.15, -0.1) is 0 Å². The molecule has 0 radical (unpaired) electrons. The van der Waals surface area contributed by atoms with Gasteiger partial charge in [0.05, 0.1) is 5.41 Å². The summed E-state index contributed by atoms with van der Waals surface area (Å²) in [6.45, 7) is 7.54. The van der Waals surface area contributed by atoms with Gasteiger partial charge in [0, 0.05) is 11.0 Å². The summed E-state index contributed by atoms with van der Waals surface area (Å²) in [4.78, 5) is 15.0. The van der Waals surface area contributed by atoms with Gasteiger partial charge >= 0.3 is 5.97 Å². The van der Waals surface area contributed by atoms with E-state index in [-0.39, 0.29) is 5.97 Å². The molecule has 122 valence electrons. The minimum atomic E-state index is -0.427. The van der Waals surface area contributed by atoms with Crippen molar-refractivity contribution in [3.05, 3.63) is 34.3 Å². The highest BCUT2D eigenvalue weighted by Gasteiger charge is 2.44. The van der Waals surface area contributed by atoms with Crippen molar-refractivity contribution < 1.29 is 9.53 Å². The lowest BCUT2D eigenvalue weighted by Crippen LogP contribution is -2.36. The Morgan fingerprint density at radius 1 is 1.18 bits per heavy atom. The lowest BCUT2D eigenvalue weighted by molar-refractivity contribution is -0.151. The number of hydrogen-bond donors (Lipinski definition) is 0. The Morgan fingerprint density at radius 3 is 2.32 bits per heavy atom. The molecular formula is C18H26BrNO2. The summed E-state index contributed by atoms with van der Waals surface area (Å²) in [5.41, 5.74) is 0.672. The van der Waals surface area contributed by atoms with Gasteiger partial charge in [0.15, 0.2) is 0 Å². The maximum Gasteiger partial charge on any atom is 0.316 e. The summed E-state index contributed by atoms with van der Waals surface area (Å²) < 4.78 is 6.70. The van der Waals surface area contributed by atoms with Crippen LogP contribution in [0.2, 0.25) is 0 Å². The molecule has 0 bridgehead atoms. The van der Waals surface area contributed by atoms with Crippen molar-refractivity contribution in [1.29, 1.82) is 0 Å². The third-order valence-electron chi connectivity index (χ3n) is 4.78. The van der Waals surface area contributed by atoms with Gasteiger partial charge in [-0.05, 0) is 43.6 Å². The highest BCUT2D eigenvalue weighted by molar-refractivity contribution is 9.10. The number of esters is 1. The molecule has 0 heterocycles. The van der Waals surface area contributed by atoms with Crippen LogP contribution in [0.5, 0.6) is 0 Å². The molecule has 0 saturated heterocycles. The number of rotatable bonds is 7. The fraction of sp³-hybridized carbons (Fsp3) is 0.611. The molecule has 22 heavy (non-hydrogen) atoms. The van der Waals surface area contributed by atoms with E-state index >= 15 is 0 Å². The third-order valence-corrected chi connectivity index (χ3v) is 5.31. The predicted octanol–water partition coefficient (Wildman–Crippen LogP) is 4.15. The highest BCUT2D eigenvalue weighted by Crippen LogP contribution is 2.42. The minimum Gasteiger partial charge on any atom is -0.464 e. The molecule has 0 aliphatic heterocycles. The largest absolute Gasteiger partial charge is 0.464 e. The van der Waals surface area contributed by atoms with Crippen LogP contribution in [0.15, 0.2) is 28.7 Å². The van der Waals surface area contributed by atoms with Crippen molar-refractivity contribution in [1.82, 2.24) is 4.90 Å². The smallest absolute Gasteiger partial charge is 0.316 e. The number of likely N-dealkylation sites (N-methyl/N-ethyl adjacent to an activating group) is 1. The molecular weight excluding hydrogens is 342 g/mol. The average molecular weight is 368 g/mol. The Kier molecular flexibility index (Phi) is 6.45. The van der Waals surface area contributed by atoms with Crippen molar-refractivity contribution in [3.8, 4) is 0 Å². The van der Waals surface area contributed by atoms with Crippen LogP contribution in [-0.2, 0) is 14.9 Å². The van der Waals surface area contributed by atoms with E-state index in [0.29, 0.717) is 6.61 Å². The number of benzene rings is 1. The molecule has 1 aliphatic carbocycles. The van der Waals surface area contributed by atoms with Crippen LogP contribution in [0.3, 0.4) is 0 Å². The van der Waals surface area contributed by atoms with Crippen LogP contribution in [-0.4, -0.2) is 37.1 Å². The number of carbonyl (C=O) groups is 1. The molecule has 2 rings (SSSR count). The first kappa shape index (κ1) is 17.5. The summed E-state index contributed by atoms with van der Waals surface area (Å²) >= 11 is 3.46. The fourth-order valence-electron chi connectivity index (χ4n) is 3.30. The van der Waals surface area contributed by atoms with Crippen LogP contribution in [0, 0.1) is 0 Å². The number of ether oxygens (including phenoxy) is 1. The quantitative estimate of drug-likeness (QED) is 0.678. The standard InChI is InChI=1S/C18H26BrNO2/c1-3-20(4-2)13-14-22-17(21)18(11-5-6-12-18)15-7-9-16(19)10-8-15/h7-10H,3-6,11-14H2,1-2H3. The lowest BCUT2D eigenvalue weighted by atomic mass is 9.79. The number of halogens is 1. The monoisotopic (exact) mass is 367 g/mol. The van der Waals surface area contributed by atoms with Crippen LogP contribution in [0.1, 0.15) is 45.1 Å². The van der Waals surface area contributed by atoms with Crippen LogP contribution < -0.4 is 0 Å². The molecule has 0 spiro atoms. The lowest BCUT2D eigenvalue weighted by Gasteiger charge is -2.28. The summed E-state index contributed by atoms with van der Waals surface area (Å²) in [7, 11) is 0. The van der Waals surface area contributed by atoms with E-state index in [2.05, 4.69) is 46.8 Å². The SMILES string of the molecule is CCN(CC)CCOC(=O)C1(c2ccc(Br)cc2)CCCC1. The average Bonchev–Trinajstić information content (AvgIpc) is 3.03. The van der Waals surface area contributed by atoms with Crippen LogP contribution >= 0.6 is 15.9 Å². The molecule has 1 saturated carbocycles. The summed E-state index contributed by atoms with van der Waals surface area (Å²) in [6, 6.07) is 8.14. The molecule has 0 N–H and O–H groups in total. The normalized spacial score (nSPS) is 16.9. The zero-order valence-corrected chi connectivity index (χ0v) is 15.2. The zero-order chi connectivity index (χ0) is 16.0. The Bertz CT molecular complexity index is 476. The fourth-order valence-corrected chi connectivity index (χ4v) is 3.57. The van der Waals surface area contributed by atoms with Crippen LogP contribution in [0.25, 0.3) is 0 Å². The number of carbonyl (C=O) groups excluding carboxylic acids is 1. The van der Waals surface area contributed by atoms with Crippen molar-refractivity contribution in [2.75, 3.05) is 26.2 Å². The maximum atomic E-state index is 12.8. The van der Waals surface area contributed by atoms with E-state index in [1.165, 1.54) is 0 Å². The second-order valence-electron chi connectivity index (χ2n) is 5.96. The highest BCUT2D eigenvalue weighted by atomic mass is 79.9. The Hall–Kier alpha value is -0.870. The van der Waals surface area contributed by atoms with Gasteiger partial charge < -0.3 is 9.64 Å². The second-order valence-corrected chi connectivity index (χ2v) is 6.87.